The summed E-state index contributed by atoms with van der Waals surface area (Å²) in [5.74, 6) is 0.831. The van der Waals surface area contributed by atoms with Gasteiger partial charge in [0, 0.05) is 0 Å². The van der Waals surface area contributed by atoms with E-state index >= 15 is 0 Å². The first-order chi connectivity index (χ1) is 4.43. The highest BCUT2D eigenvalue weighted by Crippen LogP contribution is 2.26. The van der Waals surface area contributed by atoms with Crippen molar-refractivity contribution in [3.8, 4) is 0 Å². The van der Waals surface area contributed by atoms with Crippen molar-refractivity contribution in [2.75, 3.05) is 6.61 Å². The second-order valence-electron chi connectivity index (χ2n) is 2.77. The molecule has 0 saturated heterocycles. The van der Waals surface area contributed by atoms with Gasteiger partial charge in [0.2, 0.25) is 0 Å². The van der Waals surface area contributed by atoms with Crippen LogP contribution in [0.4, 0.5) is 0 Å². The molecule has 0 radical (unpaired) electrons. The van der Waals surface area contributed by atoms with Gasteiger partial charge in [0.05, 0.1) is 6.61 Å². The van der Waals surface area contributed by atoms with E-state index in [1.165, 1.54) is 25.7 Å². The van der Waals surface area contributed by atoms with Crippen molar-refractivity contribution in [3.05, 3.63) is 0 Å². The third kappa shape index (κ3) is 2.33. The normalized spacial score (nSPS) is 21.0. The predicted octanol–water partition coefficient (Wildman–Crippen LogP) is 2.06. The van der Waals surface area contributed by atoms with Crippen molar-refractivity contribution in [1.82, 2.24) is 0 Å². The lowest BCUT2D eigenvalue weighted by molar-refractivity contribution is -0.244. The summed E-state index contributed by atoms with van der Waals surface area (Å²) in [6.07, 6.45) is 6.45. The maximum Gasteiger partial charge on any atom is 0.0822 e. The van der Waals surface area contributed by atoms with Gasteiger partial charge < -0.3 is 0 Å². The zero-order valence-corrected chi connectivity index (χ0v) is 5.68. The van der Waals surface area contributed by atoms with Crippen molar-refractivity contribution in [3.63, 3.8) is 0 Å². The summed E-state index contributed by atoms with van der Waals surface area (Å²) < 4.78 is 0. The SMILES string of the molecule is OOCCC1CCCC1. The maximum atomic E-state index is 8.03. The van der Waals surface area contributed by atoms with Gasteiger partial charge in [-0.1, -0.05) is 25.7 Å². The molecule has 1 fully saturated rings. The minimum Gasteiger partial charge on any atom is -0.252 e. The first-order valence-corrected chi connectivity index (χ1v) is 3.70. The topological polar surface area (TPSA) is 29.5 Å². The molecule has 0 aromatic rings. The molecule has 0 amide bonds. The lowest BCUT2D eigenvalue weighted by atomic mass is 10.1. The molecule has 0 aromatic carbocycles. The summed E-state index contributed by atoms with van der Waals surface area (Å²) in [5, 5.41) is 8.03. The summed E-state index contributed by atoms with van der Waals surface area (Å²) in [6, 6.07) is 0. The summed E-state index contributed by atoms with van der Waals surface area (Å²) >= 11 is 0. The van der Waals surface area contributed by atoms with E-state index in [0.29, 0.717) is 6.61 Å². The van der Waals surface area contributed by atoms with Crippen LogP contribution < -0.4 is 0 Å². The molecule has 0 bridgehead atoms. The monoisotopic (exact) mass is 130 g/mol. The van der Waals surface area contributed by atoms with Crippen molar-refractivity contribution in [2.45, 2.75) is 32.1 Å². The fourth-order valence-corrected chi connectivity index (χ4v) is 1.52. The van der Waals surface area contributed by atoms with Gasteiger partial charge in [-0.15, -0.1) is 0 Å². The zero-order chi connectivity index (χ0) is 6.53. The molecule has 0 unspecified atom stereocenters. The Morgan fingerprint density at radius 1 is 1.33 bits per heavy atom. The van der Waals surface area contributed by atoms with Gasteiger partial charge in [-0.25, -0.2) is 4.89 Å². The highest BCUT2D eigenvalue weighted by atomic mass is 17.1. The largest absolute Gasteiger partial charge is 0.252 e. The molecule has 0 aliphatic heterocycles. The summed E-state index contributed by atoms with van der Waals surface area (Å²) in [5.41, 5.74) is 0. The van der Waals surface area contributed by atoms with Crippen molar-refractivity contribution >= 4 is 0 Å². The summed E-state index contributed by atoms with van der Waals surface area (Å²) in [7, 11) is 0. The molecule has 1 saturated carbocycles. The third-order valence-electron chi connectivity index (χ3n) is 2.09. The molecule has 54 valence electrons. The van der Waals surface area contributed by atoms with E-state index in [1.54, 1.807) is 0 Å². The van der Waals surface area contributed by atoms with E-state index in [4.69, 9.17) is 5.26 Å². The molecule has 1 N–H and O–H groups in total. The van der Waals surface area contributed by atoms with E-state index in [9.17, 15) is 0 Å². The number of hydrogen-bond donors (Lipinski definition) is 1. The Balaban J connectivity index is 1.98. The van der Waals surface area contributed by atoms with Crippen LogP contribution in [0, 0.1) is 5.92 Å². The van der Waals surface area contributed by atoms with Gasteiger partial charge in [0.15, 0.2) is 0 Å². The van der Waals surface area contributed by atoms with Crippen LogP contribution in [0.1, 0.15) is 32.1 Å². The molecule has 2 heteroatoms. The number of hydrogen-bond acceptors (Lipinski definition) is 2. The van der Waals surface area contributed by atoms with Crippen molar-refractivity contribution in [2.24, 2.45) is 5.92 Å². The Kier molecular flexibility index (Phi) is 3.01. The fraction of sp³-hybridized carbons (Fsp3) is 1.00. The molecule has 2 nitrogen and oxygen atoms in total. The van der Waals surface area contributed by atoms with Crippen LogP contribution in [0.15, 0.2) is 0 Å². The van der Waals surface area contributed by atoms with Crippen LogP contribution in [0.2, 0.25) is 0 Å². The van der Waals surface area contributed by atoms with Gasteiger partial charge in [-0.3, -0.25) is 5.26 Å². The Labute approximate surface area is 55.8 Å². The second-order valence-corrected chi connectivity index (χ2v) is 2.77. The van der Waals surface area contributed by atoms with E-state index in [2.05, 4.69) is 4.89 Å². The van der Waals surface area contributed by atoms with Crippen LogP contribution >= 0.6 is 0 Å². The molecule has 1 aliphatic carbocycles. The summed E-state index contributed by atoms with van der Waals surface area (Å²) in [4.78, 5) is 4.00. The lowest BCUT2D eigenvalue weighted by Gasteiger charge is -2.04. The highest BCUT2D eigenvalue weighted by Gasteiger charge is 2.13. The standard InChI is InChI=1S/C7H14O2/c8-9-6-5-7-3-1-2-4-7/h7-8H,1-6H2. The first-order valence-electron chi connectivity index (χ1n) is 3.70. The van der Waals surface area contributed by atoms with Gasteiger partial charge in [-0.2, -0.15) is 0 Å². The molecular formula is C7H14O2. The third-order valence-corrected chi connectivity index (χ3v) is 2.09. The van der Waals surface area contributed by atoms with E-state index in [-0.39, 0.29) is 0 Å². The first kappa shape index (κ1) is 7.03. The minimum atomic E-state index is 0.519. The van der Waals surface area contributed by atoms with Crippen LogP contribution in [0.3, 0.4) is 0 Å². The van der Waals surface area contributed by atoms with Gasteiger partial charge in [0.25, 0.3) is 0 Å². The van der Waals surface area contributed by atoms with Crippen LogP contribution in [-0.2, 0) is 4.89 Å². The van der Waals surface area contributed by atoms with Gasteiger partial charge in [0.1, 0.15) is 0 Å². The Bertz CT molecular complexity index is 67.3. The Morgan fingerprint density at radius 3 is 2.56 bits per heavy atom. The van der Waals surface area contributed by atoms with Crippen LogP contribution in [0.25, 0.3) is 0 Å². The minimum absolute atomic E-state index is 0.519. The second kappa shape index (κ2) is 3.85. The van der Waals surface area contributed by atoms with Gasteiger partial charge in [-0.05, 0) is 12.3 Å². The molecule has 0 heterocycles. The molecule has 0 spiro atoms. The van der Waals surface area contributed by atoms with E-state index in [1.807, 2.05) is 0 Å². The summed E-state index contributed by atoms with van der Waals surface area (Å²) in [6.45, 7) is 0.519. The van der Waals surface area contributed by atoms with Crippen LogP contribution in [0.5, 0.6) is 0 Å². The zero-order valence-electron chi connectivity index (χ0n) is 5.68. The Hall–Kier alpha value is -0.0800. The molecule has 9 heavy (non-hydrogen) atoms. The number of rotatable bonds is 3. The van der Waals surface area contributed by atoms with Crippen molar-refractivity contribution in [1.29, 1.82) is 0 Å². The maximum absolute atomic E-state index is 8.03. The molecule has 1 rings (SSSR count). The molecule has 0 aromatic heterocycles. The highest BCUT2D eigenvalue weighted by molar-refractivity contribution is 4.66. The lowest BCUT2D eigenvalue weighted by Crippen LogP contribution is -1.98. The van der Waals surface area contributed by atoms with Crippen LogP contribution in [-0.4, -0.2) is 11.9 Å². The molecular weight excluding hydrogens is 116 g/mol. The fourth-order valence-electron chi connectivity index (χ4n) is 1.52. The quantitative estimate of drug-likeness (QED) is 0.468. The smallest absolute Gasteiger partial charge is 0.0822 e. The average Bonchev–Trinajstić information content (AvgIpc) is 2.34. The Morgan fingerprint density at radius 2 is 2.00 bits per heavy atom. The average molecular weight is 130 g/mol. The molecule has 0 atom stereocenters. The van der Waals surface area contributed by atoms with E-state index in [0.717, 1.165) is 12.3 Å². The van der Waals surface area contributed by atoms with E-state index < -0.39 is 0 Å². The van der Waals surface area contributed by atoms with Crippen molar-refractivity contribution < 1.29 is 10.1 Å². The van der Waals surface area contributed by atoms with Gasteiger partial charge >= 0.3 is 0 Å². The predicted molar refractivity (Wildman–Crippen MR) is 35.2 cm³/mol. The molecule has 1 aliphatic rings.